The summed E-state index contributed by atoms with van der Waals surface area (Å²) in [5.74, 6) is 0. The molecular weight excluding hydrogens is 314 g/mol. The van der Waals surface area contributed by atoms with Gasteiger partial charge in [0.1, 0.15) is 0 Å². The van der Waals surface area contributed by atoms with Gasteiger partial charge in [0, 0.05) is 17.2 Å². The van der Waals surface area contributed by atoms with Crippen molar-refractivity contribution in [1.29, 1.82) is 0 Å². The minimum Gasteiger partial charge on any atom is -0.305 e. The molecule has 0 amide bonds. The van der Waals surface area contributed by atoms with E-state index in [1.54, 1.807) is 0 Å². The van der Waals surface area contributed by atoms with Crippen molar-refractivity contribution < 1.29 is 0 Å². The minimum atomic E-state index is 0.188. The van der Waals surface area contributed by atoms with E-state index in [0.717, 1.165) is 13.1 Å². The van der Waals surface area contributed by atoms with Crippen molar-refractivity contribution in [3.05, 3.63) is 51.3 Å². The topological polar surface area (TPSA) is 29.9 Å². The number of aromatic nitrogens is 2. The molecule has 1 unspecified atom stereocenters. The van der Waals surface area contributed by atoms with E-state index in [1.807, 2.05) is 6.20 Å². The smallest absolute Gasteiger partial charge is 0.0748 e. The van der Waals surface area contributed by atoms with E-state index in [9.17, 15) is 0 Å². The Kier molecular flexibility index (Phi) is 5.00. The Morgan fingerprint density at radius 1 is 1.25 bits per heavy atom. The molecule has 3 nitrogen and oxygen atoms in total. The number of hydrogen-bond acceptors (Lipinski definition) is 2. The first-order chi connectivity index (χ1) is 9.58. The average molecular weight is 336 g/mol. The van der Waals surface area contributed by atoms with Gasteiger partial charge in [-0.1, -0.05) is 35.0 Å². The van der Waals surface area contributed by atoms with Crippen LogP contribution in [0.15, 0.2) is 28.9 Å². The maximum Gasteiger partial charge on any atom is 0.0748 e. The highest BCUT2D eigenvalue weighted by Gasteiger charge is 2.18. The first-order valence-electron chi connectivity index (χ1n) is 7.10. The summed E-state index contributed by atoms with van der Waals surface area (Å²) in [6.07, 6.45) is 1.88. The fourth-order valence-corrected chi connectivity index (χ4v) is 2.82. The van der Waals surface area contributed by atoms with Gasteiger partial charge in [0.15, 0.2) is 0 Å². The van der Waals surface area contributed by atoms with Crippen molar-refractivity contribution in [3.8, 4) is 0 Å². The zero-order chi connectivity index (χ0) is 14.7. The molecule has 4 heteroatoms. The molecule has 0 aliphatic rings. The summed E-state index contributed by atoms with van der Waals surface area (Å²) < 4.78 is 3.25. The van der Waals surface area contributed by atoms with Gasteiger partial charge in [-0.05, 0) is 50.1 Å². The van der Waals surface area contributed by atoms with Crippen LogP contribution in [0.2, 0.25) is 0 Å². The molecule has 1 atom stereocenters. The van der Waals surface area contributed by atoms with Gasteiger partial charge in [0.2, 0.25) is 0 Å². The Morgan fingerprint density at radius 3 is 2.45 bits per heavy atom. The lowest BCUT2D eigenvalue weighted by Crippen LogP contribution is -2.25. The van der Waals surface area contributed by atoms with Crippen molar-refractivity contribution in [2.24, 2.45) is 0 Å². The van der Waals surface area contributed by atoms with E-state index >= 15 is 0 Å². The van der Waals surface area contributed by atoms with Crippen molar-refractivity contribution >= 4 is 15.9 Å². The van der Waals surface area contributed by atoms with Crippen molar-refractivity contribution in [2.45, 2.75) is 40.3 Å². The second-order valence-corrected chi connectivity index (χ2v) is 5.82. The average Bonchev–Trinajstić information content (AvgIpc) is 2.89. The molecule has 0 radical (unpaired) electrons. The normalized spacial score (nSPS) is 12.7. The Bertz CT molecular complexity index is 566. The van der Waals surface area contributed by atoms with Crippen LogP contribution in [0.4, 0.5) is 0 Å². The SMILES string of the molecule is CCNC(c1cc(C)c(Br)c(C)c1)c1ccnn1CC. The number of hydrogen-bond donors (Lipinski definition) is 1. The minimum absolute atomic E-state index is 0.188. The predicted octanol–water partition coefficient (Wildman–Crippen LogP) is 3.98. The molecule has 2 aromatic rings. The molecule has 1 N–H and O–H groups in total. The van der Waals surface area contributed by atoms with Crippen molar-refractivity contribution in [3.63, 3.8) is 0 Å². The first kappa shape index (κ1) is 15.3. The van der Waals surface area contributed by atoms with Crippen LogP contribution in [0.25, 0.3) is 0 Å². The summed E-state index contributed by atoms with van der Waals surface area (Å²) in [5.41, 5.74) is 5.05. The molecule has 0 fully saturated rings. The number of nitrogens with one attached hydrogen (secondary N) is 1. The molecule has 0 saturated heterocycles. The second-order valence-electron chi connectivity index (χ2n) is 5.03. The van der Waals surface area contributed by atoms with E-state index in [-0.39, 0.29) is 6.04 Å². The Morgan fingerprint density at radius 2 is 1.90 bits per heavy atom. The number of benzene rings is 1. The van der Waals surface area contributed by atoms with Gasteiger partial charge in [-0.3, -0.25) is 4.68 Å². The third kappa shape index (κ3) is 2.96. The van der Waals surface area contributed by atoms with Gasteiger partial charge in [-0.15, -0.1) is 0 Å². The quantitative estimate of drug-likeness (QED) is 0.895. The third-order valence-electron chi connectivity index (χ3n) is 3.55. The van der Waals surface area contributed by atoms with Crippen LogP contribution in [-0.4, -0.2) is 16.3 Å². The van der Waals surface area contributed by atoms with Gasteiger partial charge in [-0.2, -0.15) is 5.10 Å². The molecule has 1 aromatic carbocycles. The molecule has 2 rings (SSSR count). The van der Waals surface area contributed by atoms with Gasteiger partial charge < -0.3 is 5.32 Å². The molecule has 20 heavy (non-hydrogen) atoms. The molecule has 0 saturated carbocycles. The lowest BCUT2D eigenvalue weighted by molar-refractivity contribution is 0.542. The summed E-state index contributed by atoms with van der Waals surface area (Å²) in [6.45, 7) is 10.4. The molecular formula is C16H22BrN3. The van der Waals surface area contributed by atoms with Gasteiger partial charge >= 0.3 is 0 Å². The summed E-state index contributed by atoms with van der Waals surface area (Å²) in [6, 6.07) is 6.78. The largest absolute Gasteiger partial charge is 0.305 e. The van der Waals surface area contributed by atoms with E-state index in [1.165, 1.54) is 26.9 Å². The van der Waals surface area contributed by atoms with E-state index in [2.05, 4.69) is 76.9 Å². The van der Waals surface area contributed by atoms with Crippen LogP contribution in [0.3, 0.4) is 0 Å². The predicted molar refractivity (Wildman–Crippen MR) is 87.0 cm³/mol. The molecule has 108 valence electrons. The first-order valence-corrected chi connectivity index (χ1v) is 7.89. The molecule has 0 spiro atoms. The van der Waals surface area contributed by atoms with Crippen LogP contribution >= 0.6 is 15.9 Å². The van der Waals surface area contributed by atoms with E-state index in [0.29, 0.717) is 0 Å². The molecule has 1 aromatic heterocycles. The van der Waals surface area contributed by atoms with Gasteiger partial charge in [-0.25, -0.2) is 0 Å². The zero-order valence-electron chi connectivity index (χ0n) is 12.6. The zero-order valence-corrected chi connectivity index (χ0v) is 14.2. The van der Waals surface area contributed by atoms with Crippen LogP contribution in [0.5, 0.6) is 0 Å². The molecule has 0 aliphatic heterocycles. The summed E-state index contributed by atoms with van der Waals surface area (Å²) >= 11 is 3.64. The maximum atomic E-state index is 4.39. The monoisotopic (exact) mass is 335 g/mol. The van der Waals surface area contributed by atoms with Crippen LogP contribution in [-0.2, 0) is 6.54 Å². The van der Waals surface area contributed by atoms with Gasteiger partial charge in [0.25, 0.3) is 0 Å². The number of halogens is 1. The van der Waals surface area contributed by atoms with Crippen LogP contribution in [0, 0.1) is 13.8 Å². The summed E-state index contributed by atoms with van der Waals surface area (Å²) in [7, 11) is 0. The van der Waals surface area contributed by atoms with Crippen molar-refractivity contribution in [2.75, 3.05) is 6.54 Å². The highest BCUT2D eigenvalue weighted by Crippen LogP contribution is 2.28. The third-order valence-corrected chi connectivity index (χ3v) is 4.80. The lowest BCUT2D eigenvalue weighted by atomic mass is 9.99. The fourth-order valence-electron chi connectivity index (χ4n) is 2.60. The van der Waals surface area contributed by atoms with Gasteiger partial charge in [0.05, 0.1) is 11.7 Å². The maximum absolute atomic E-state index is 4.39. The number of rotatable bonds is 5. The standard InChI is InChI=1S/C16H22BrN3/c1-5-18-16(14-7-8-19-20(14)6-2)13-9-11(3)15(17)12(4)10-13/h7-10,16,18H,5-6H2,1-4H3. The molecule has 1 heterocycles. The Labute approximate surface area is 129 Å². The van der Waals surface area contributed by atoms with Crippen LogP contribution in [0.1, 0.15) is 42.3 Å². The highest BCUT2D eigenvalue weighted by atomic mass is 79.9. The molecule has 0 bridgehead atoms. The summed E-state index contributed by atoms with van der Waals surface area (Å²) in [5, 5.41) is 7.97. The Balaban J connectivity index is 2.48. The lowest BCUT2D eigenvalue weighted by Gasteiger charge is -2.21. The highest BCUT2D eigenvalue weighted by molar-refractivity contribution is 9.10. The number of aryl methyl sites for hydroxylation is 3. The van der Waals surface area contributed by atoms with Crippen LogP contribution < -0.4 is 5.32 Å². The summed E-state index contributed by atoms with van der Waals surface area (Å²) in [4.78, 5) is 0. The van der Waals surface area contributed by atoms with E-state index in [4.69, 9.17) is 0 Å². The Hall–Kier alpha value is -1.13. The second kappa shape index (κ2) is 6.55. The molecule has 0 aliphatic carbocycles. The van der Waals surface area contributed by atoms with Crippen molar-refractivity contribution in [1.82, 2.24) is 15.1 Å². The van der Waals surface area contributed by atoms with E-state index < -0.39 is 0 Å². The fraction of sp³-hybridized carbons (Fsp3) is 0.438. The number of nitrogens with zero attached hydrogens (tertiary/aromatic N) is 2.